The van der Waals surface area contributed by atoms with E-state index in [4.69, 9.17) is 9.47 Å². The van der Waals surface area contributed by atoms with Crippen molar-refractivity contribution in [3.63, 3.8) is 0 Å². The highest BCUT2D eigenvalue weighted by atomic mass is 16.5. The second-order valence-electron chi connectivity index (χ2n) is 14.2. The molecule has 0 spiro atoms. The smallest absolute Gasteiger partial charge is 0.0596 e. The minimum absolute atomic E-state index is 0.366. The fourth-order valence-electron chi connectivity index (χ4n) is 3.52. The lowest BCUT2D eigenvalue weighted by Gasteiger charge is -2.45. The molecular weight excluding hydrogens is 524 g/mol. The van der Waals surface area contributed by atoms with Gasteiger partial charge in [0.1, 0.15) is 0 Å². The van der Waals surface area contributed by atoms with E-state index in [1.54, 1.807) is 0 Å². The summed E-state index contributed by atoms with van der Waals surface area (Å²) in [5.74, 6) is 0.833. The second-order valence-corrected chi connectivity index (χ2v) is 14.2. The first-order valence-electron chi connectivity index (χ1n) is 16.7. The zero-order chi connectivity index (χ0) is 33.4. The summed E-state index contributed by atoms with van der Waals surface area (Å²) in [5, 5.41) is 3.24. The van der Waals surface area contributed by atoms with Gasteiger partial charge in [-0.25, -0.2) is 0 Å². The van der Waals surface area contributed by atoms with E-state index in [9.17, 15) is 0 Å². The molecule has 0 aromatic rings. The first-order valence-corrected chi connectivity index (χ1v) is 16.7. The van der Waals surface area contributed by atoms with E-state index in [2.05, 4.69) is 134 Å². The van der Waals surface area contributed by atoms with Crippen LogP contribution < -0.4 is 5.32 Å². The molecule has 1 N–H and O–H groups in total. The molecule has 42 heavy (non-hydrogen) atoms. The highest BCUT2D eigenvalue weighted by molar-refractivity contribution is 4.87. The third kappa shape index (κ3) is 32.6. The Morgan fingerprint density at radius 2 is 1.00 bits per heavy atom. The number of likely N-dealkylation sites (N-methyl/N-ethyl adjacent to an activating group) is 3. The van der Waals surface area contributed by atoms with Gasteiger partial charge in [0, 0.05) is 63.5 Å². The van der Waals surface area contributed by atoms with Crippen LogP contribution in [-0.4, -0.2) is 163 Å². The summed E-state index contributed by atoms with van der Waals surface area (Å²) in [6.07, 6.45) is 1.87. The van der Waals surface area contributed by atoms with E-state index in [-0.39, 0.29) is 0 Å². The van der Waals surface area contributed by atoms with Crippen LogP contribution in [0.25, 0.3) is 0 Å². The van der Waals surface area contributed by atoms with Gasteiger partial charge < -0.3 is 29.5 Å². The average molecular weight is 605 g/mol. The molecule has 2 aliphatic rings. The van der Waals surface area contributed by atoms with Gasteiger partial charge in [-0.1, -0.05) is 20.8 Å². The summed E-state index contributed by atoms with van der Waals surface area (Å²) < 4.78 is 10.7. The standard InChI is InChI=1S/C8H18N2.C8H19NO.C7H16N2.C7H17NO.C4H10/c1-7(2)10-5-8(6-10)9(3)4;1-8(2)10-7-5-6-9(3)4;1-6(2)9-4-7(5-9)8-3;1-7(2)9-6-5-8(3)4;1-4(2)3/h7-8H,5-6H2,1-4H3;8H,5-7H2,1-4H3;6-8H,4-5H2,1-3H3;7H,5-6H2,1-4H3;4H,1-3H3. The van der Waals surface area contributed by atoms with E-state index in [1.807, 2.05) is 21.1 Å². The molecule has 0 bridgehead atoms. The van der Waals surface area contributed by atoms with E-state index < -0.39 is 0 Å². The molecule has 0 aromatic heterocycles. The van der Waals surface area contributed by atoms with Crippen LogP contribution in [0, 0.1) is 5.92 Å². The van der Waals surface area contributed by atoms with Gasteiger partial charge in [-0.2, -0.15) is 0 Å². The van der Waals surface area contributed by atoms with Gasteiger partial charge >= 0.3 is 0 Å². The predicted octanol–water partition coefficient (Wildman–Crippen LogP) is 4.94. The molecule has 8 heteroatoms. The van der Waals surface area contributed by atoms with Crippen LogP contribution in [0.2, 0.25) is 0 Å². The molecule has 2 fully saturated rings. The van der Waals surface area contributed by atoms with Gasteiger partial charge in [0.05, 0.1) is 18.8 Å². The van der Waals surface area contributed by atoms with E-state index in [1.165, 1.54) is 26.2 Å². The minimum Gasteiger partial charge on any atom is -0.379 e. The number of rotatable bonds is 13. The zero-order valence-corrected chi connectivity index (χ0v) is 32.0. The van der Waals surface area contributed by atoms with Gasteiger partial charge in [-0.3, -0.25) is 9.80 Å². The first kappa shape index (κ1) is 46.1. The summed E-state index contributed by atoms with van der Waals surface area (Å²) in [7, 11) is 14.6. The highest BCUT2D eigenvalue weighted by Gasteiger charge is 2.29. The molecule has 2 rings (SSSR count). The van der Waals surface area contributed by atoms with Crippen molar-refractivity contribution in [3.05, 3.63) is 0 Å². The van der Waals surface area contributed by atoms with Crippen molar-refractivity contribution >= 4 is 0 Å². The lowest BCUT2D eigenvalue weighted by Crippen LogP contribution is -2.59. The Labute approximate surface area is 265 Å². The Bertz CT molecular complexity index is 511. The Kier molecular flexibility index (Phi) is 30.9. The number of hydrogen-bond acceptors (Lipinski definition) is 8. The van der Waals surface area contributed by atoms with Crippen LogP contribution in [-0.2, 0) is 9.47 Å². The Hall–Kier alpha value is -0.320. The monoisotopic (exact) mass is 605 g/mol. The number of nitrogens with one attached hydrogen (secondary N) is 1. The summed E-state index contributed by atoms with van der Waals surface area (Å²) in [6, 6.07) is 3.03. The second kappa shape index (κ2) is 28.2. The molecule has 2 saturated heterocycles. The molecule has 258 valence electrons. The number of ether oxygens (including phenoxy) is 2. The lowest BCUT2D eigenvalue weighted by molar-refractivity contribution is 0.0391. The molecule has 0 aromatic carbocycles. The number of nitrogens with zero attached hydrogens (tertiary/aromatic N) is 5. The molecule has 0 radical (unpaired) electrons. The zero-order valence-electron chi connectivity index (χ0n) is 32.0. The third-order valence-corrected chi connectivity index (χ3v) is 6.59. The van der Waals surface area contributed by atoms with Crippen LogP contribution in [0.4, 0.5) is 0 Å². The van der Waals surface area contributed by atoms with Crippen molar-refractivity contribution in [1.82, 2.24) is 29.8 Å². The van der Waals surface area contributed by atoms with Gasteiger partial charge in [0.25, 0.3) is 0 Å². The van der Waals surface area contributed by atoms with E-state index in [0.29, 0.717) is 12.2 Å². The molecule has 0 aliphatic carbocycles. The Morgan fingerprint density at radius 3 is 1.31 bits per heavy atom. The summed E-state index contributed by atoms with van der Waals surface area (Å²) in [5.41, 5.74) is 0. The quantitative estimate of drug-likeness (QED) is 0.297. The number of likely N-dealkylation sites (tertiary alicyclic amines) is 2. The van der Waals surface area contributed by atoms with Crippen molar-refractivity contribution in [2.24, 2.45) is 5.92 Å². The SMILES string of the molecule is CC(C)C.CC(C)N1CC(N(C)C)C1.CC(C)OCCCN(C)C.CC(C)OCCN(C)C.CNC1CN(C(C)C)C1. The third-order valence-electron chi connectivity index (χ3n) is 6.59. The van der Waals surface area contributed by atoms with Crippen LogP contribution in [0.5, 0.6) is 0 Å². The Morgan fingerprint density at radius 1 is 0.619 bits per heavy atom. The van der Waals surface area contributed by atoms with Crippen LogP contribution in [0.15, 0.2) is 0 Å². The van der Waals surface area contributed by atoms with Gasteiger partial charge in [0.2, 0.25) is 0 Å². The highest BCUT2D eigenvalue weighted by Crippen LogP contribution is 2.14. The average Bonchev–Trinajstić information content (AvgIpc) is 2.74. The maximum atomic E-state index is 5.37. The molecule has 2 heterocycles. The molecule has 0 atom stereocenters. The van der Waals surface area contributed by atoms with Crippen LogP contribution in [0.1, 0.15) is 82.6 Å². The minimum atomic E-state index is 0.366. The maximum absolute atomic E-state index is 5.37. The largest absolute Gasteiger partial charge is 0.379 e. The number of hydrogen-bond donors (Lipinski definition) is 1. The molecule has 2 aliphatic heterocycles. The molecule has 8 nitrogen and oxygen atoms in total. The van der Waals surface area contributed by atoms with Gasteiger partial charge in [0.15, 0.2) is 0 Å². The lowest BCUT2D eigenvalue weighted by atomic mass is 10.1. The maximum Gasteiger partial charge on any atom is 0.0596 e. The van der Waals surface area contributed by atoms with Gasteiger partial charge in [-0.05, 0) is 124 Å². The van der Waals surface area contributed by atoms with E-state index >= 15 is 0 Å². The molecule has 0 saturated carbocycles. The van der Waals surface area contributed by atoms with Crippen molar-refractivity contribution in [1.29, 1.82) is 0 Å². The summed E-state index contributed by atoms with van der Waals surface area (Å²) in [6.45, 7) is 32.6. The Balaban J connectivity index is -0.000000463. The van der Waals surface area contributed by atoms with E-state index in [0.717, 1.165) is 62.8 Å². The fourth-order valence-corrected chi connectivity index (χ4v) is 3.52. The van der Waals surface area contributed by atoms with Crippen LogP contribution >= 0.6 is 0 Å². The van der Waals surface area contributed by atoms with Crippen molar-refractivity contribution in [2.45, 2.75) is 119 Å². The molecule has 0 unspecified atom stereocenters. The van der Waals surface area contributed by atoms with Crippen LogP contribution in [0.3, 0.4) is 0 Å². The van der Waals surface area contributed by atoms with Crippen molar-refractivity contribution in [3.8, 4) is 0 Å². The van der Waals surface area contributed by atoms with Gasteiger partial charge in [-0.15, -0.1) is 0 Å². The summed E-state index contributed by atoms with van der Waals surface area (Å²) in [4.78, 5) is 11.5. The molecule has 0 amide bonds. The normalized spacial score (nSPS) is 16.1. The van der Waals surface area contributed by atoms with Crippen molar-refractivity contribution < 1.29 is 9.47 Å². The fraction of sp³-hybridized carbons (Fsp3) is 1.00. The first-order chi connectivity index (χ1) is 19.3. The molecular formula is C34H80N6O2. The summed E-state index contributed by atoms with van der Waals surface area (Å²) >= 11 is 0. The van der Waals surface area contributed by atoms with Crippen molar-refractivity contribution in [2.75, 3.05) is 102 Å². The topological polar surface area (TPSA) is 46.7 Å². The predicted molar refractivity (Wildman–Crippen MR) is 188 cm³/mol.